The van der Waals surface area contributed by atoms with E-state index in [1.165, 1.54) is 18.6 Å². The van der Waals surface area contributed by atoms with Gasteiger partial charge in [-0.2, -0.15) is 11.8 Å². The molecule has 2 nitrogen and oxygen atoms in total. The first-order chi connectivity index (χ1) is 9.65. The summed E-state index contributed by atoms with van der Waals surface area (Å²) in [5, 5.41) is 0.646. The summed E-state index contributed by atoms with van der Waals surface area (Å²) < 4.78 is 2.19. The van der Waals surface area contributed by atoms with E-state index in [-0.39, 0.29) is 5.38 Å². The number of aromatic nitrogens is 2. The quantitative estimate of drug-likeness (QED) is 0.491. The Balaban J connectivity index is 2.22. The van der Waals surface area contributed by atoms with Gasteiger partial charge in [-0.3, -0.25) is 0 Å². The molecule has 0 aliphatic carbocycles. The second kappa shape index (κ2) is 7.58. The highest BCUT2D eigenvalue weighted by molar-refractivity contribution is 7.98. The number of nitrogens with zero attached hydrogens (tertiary/aromatic N) is 2. The smallest absolute Gasteiger partial charge is 0.127 e. The maximum atomic E-state index is 6.34. The van der Waals surface area contributed by atoms with Gasteiger partial charge in [0.15, 0.2) is 0 Å². The highest BCUT2D eigenvalue weighted by Gasteiger charge is 2.16. The molecule has 0 spiro atoms. The largest absolute Gasteiger partial charge is 0.326 e. The number of hydrogen-bond donors (Lipinski definition) is 0. The zero-order valence-corrected chi connectivity index (χ0v) is 14.2. The Morgan fingerprint density at radius 3 is 2.80 bits per heavy atom. The molecule has 0 N–H and O–H groups in total. The fraction of sp³-hybridized carbons (Fsp3) is 0.533. The summed E-state index contributed by atoms with van der Waals surface area (Å²) in [5.41, 5.74) is 1.95. The van der Waals surface area contributed by atoms with Crippen LogP contribution >= 0.6 is 35.0 Å². The predicted molar refractivity (Wildman–Crippen MR) is 91.2 cm³/mol. The number of unbranched alkanes of at least 4 members (excludes halogenated alkanes) is 2. The van der Waals surface area contributed by atoms with E-state index in [4.69, 9.17) is 23.2 Å². The van der Waals surface area contributed by atoms with Gasteiger partial charge in [-0.05, 0) is 43.9 Å². The molecule has 0 saturated heterocycles. The Kier molecular flexibility index (Phi) is 6.06. The van der Waals surface area contributed by atoms with Crippen LogP contribution in [0.15, 0.2) is 18.2 Å². The summed E-state index contributed by atoms with van der Waals surface area (Å²) in [4.78, 5) is 4.63. The third kappa shape index (κ3) is 3.63. The van der Waals surface area contributed by atoms with Crippen LogP contribution in [0.2, 0.25) is 5.02 Å². The Labute approximate surface area is 134 Å². The maximum absolute atomic E-state index is 6.34. The van der Waals surface area contributed by atoms with Gasteiger partial charge >= 0.3 is 0 Å². The van der Waals surface area contributed by atoms with Crippen LogP contribution in [0.3, 0.4) is 0 Å². The van der Waals surface area contributed by atoms with Crippen LogP contribution in [0, 0.1) is 0 Å². The molecule has 0 radical (unpaired) electrons. The van der Waals surface area contributed by atoms with Gasteiger partial charge in [0.25, 0.3) is 0 Å². The lowest BCUT2D eigenvalue weighted by Crippen LogP contribution is -2.05. The van der Waals surface area contributed by atoms with Gasteiger partial charge in [0, 0.05) is 6.54 Å². The number of benzene rings is 1. The minimum atomic E-state index is -0.107. The second-order valence-corrected chi connectivity index (χ2v) is 6.95. The van der Waals surface area contributed by atoms with Crippen molar-refractivity contribution in [1.29, 1.82) is 0 Å². The summed E-state index contributed by atoms with van der Waals surface area (Å²) in [6, 6.07) is 5.84. The summed E-state index contributed by atoms with van der Waals surface area (Å²) in [7, 11) is 0. The SMILES string of the molecule is CSCCCCCn1c(C(C)Cl)nc2cccc(Cl)c21. The van der Waals surface area contributed by atoms with Crippen molar-refractivity contribution in [2.24, 2.45) is 0 Å². The summed E-state index contributed by atoms with van der Waals surface area (Å²) in [6.45, 7) is 2.89. The Hall–Kier alpha value is -0.380. The standard InChI is InChI=1S/C15H20Cl2N2S/c1-11(16)15-18-13-8-6-7-12(17)14(13)19(15)9-4-3-5-10-20-2/h6-8,11H,3-5,9-10H2,1-2H3. The van der Waals surface area contributed by atoms with Crippen LogP contribution in [-0.2, 0) is 6.54 Å². The molecule has 1 aromatic heterocycles. The number of alkyl halides is 1. The van der Waals surface area contributed by atoms with E-state index in [2.05, 4.69) is 15.8 Å². The summed E-state index contributed by atoms with van der Waals surface area (Å²) in [5.74, 6) is 2.14. The van der Waals surface area contributed by atoms with E-state index < -0.39 is 0 Å². The van der Waals surface area contributed by atoms with Gasteiger partial charge in [0.05, 0.1) is 21.4 Å². The lowest BCUT2D eigenvalue weighted by atomic mass is 10.2. The Morgan fingerprint density at radius 1 is 1.30 bits per heavy atom. The lowest BCUT2D eigenvalue weighted by molar-refractivity contribution is 0.593. The summed E-state index contributed by atoms with van der Waals surface area (Å²) >= 11 is 14.5. The van der Waals surface area contributed by atoms with E-state index in [0.29, 0.717) is 0 Å². The number of rotatable bonds is 7. The molecule has 2 rings (SSSR count). The topological polar surface area (TPSA) is 17.8 Å². The van der Waals surface area contributed by atoms with Gasteiger partial charge in [-0.15, -0.1) is 11.6 Å². The molecule has 0 aliphatic rings. The Bertz CT molecular complexity index is 566. The van der Waals surface area contributed by atoms with Crippen LogP contribution in [-0.4, -0.2) is 21.6 Å². The number of imidazole rings is 1. The number of hydrogen-bond acceptors (Lipinski definition) is 2. The molecule has 0 amide bonds. The monoisotopic (exact) mass is 330 g/mol. The highest BCUT2D eigenvalue weighted by Crippen LogP contribution is 2.29. The molecule has 0 fully saturated rings. The van der Waals surface area contributed by atoms with Crippen LogP contribution in [0.5, 0.6) is 0 Å². The van der Waals surface area contributed by atoms with Crippen molar-refractivity contribution in [3.05, 3.63) is 29.0 Å². The number of fused-ring (bicyclic) bond motifs is 1. The van der Waals surface area contributed by atoms with E-state index in [9.17, 15) is 0 Å². The molecule has 110 valence electrons. The molecule has 0 bridgehead atoms. The van der Waals surface area contributed by atoms with Gasteiger partial charge in [-0.25, -0.2) is 4.98 Å². The van der Waals surface area contributed by atoms with Crippen molar-refractivity contribution >= 4 is 46.0 Å². The Morgan fingerprint density at radius 2 is 2.10 bits per heavy atom. The lowest BCUT2D eigenvalue weighted by Gasteiger charge is -2.11. The molecule has 1 aromatic carbocycles. The molecular formula is C15H20Cl2N2S. The molecule has 0 aliphatic heterocycles. The molecule has 20 heavy (non-hydrogen) atoms. The number of para-hydroxylation sites is 1. The van der Waals surface area contributed by atoms with Crippen molar-refractivity contribution in [1.82, 2.24) is 9.55 Å². The van der Waals surface area contributed by atoms with Crippen molar-refractivity contribution in [3.63, 3.8) is 0 Å². The second-order valence-electron chi connectivity index (χ2n) is 4.90. The van der Waals surface area contributed by atoms with E-state index in [1.807, 2.05) is 36.9 Å². The molecule has 1 unspecified atom stereocenters. The van der Waals surface area contributed by atoms with Gasteiger partial charge in [-0.1, -0.05) is 24.1 Å². The molecule has 0 saturated carbocycles. The average molecular weight is 331 g/mol. The number of thioether (sulfide) groups is 1. The molecule has 2 aromatic rings. The number of halogens is 2. The predicted octanol–water partition coefficient (Wildman–Crippen LogP) is 5.52. The van der Waals surface area contributed by atoms with E-state index >= 15 is 0 Å². The third-order valence-corrected chi connectivity index (χ3v) is 4.53. The van der Waals surface area contributed by atoms with Crippen LogP contribution < -0.4 is 0 Å². The summed E-state index contributed by atoms with van der Waals surface area (Å²) in [6.07, 6.45) is 5.76. The zero-order chi connectivity index (χ0) is 14.5. The van der Waals surface area contributed by atoms with E-state index in [0.717, 1.165) is 34.8 Å². The van der Waals surface area contributed by atoms with Gasteiger partial charge < -0.3 is 4.57 Å². The minimum absolute atomic E-state index is 0.107. The van der Waals surface area contributed by atoms with E-state index in [1.54, 1.807) is 0 Å². The van der Waals surface area contributed by atoms with Gasteiger partial charge in [0.1, 0.15) is 5.82 Å². The van der Waals surface area contributed by atoms with Crippen molar-refractivity contribution in [3.8, 4) is 0 Å². The van der Waals surface area contributed by atoms with Crippen molar-refractivity contribution in [2.45, 2.75) is 38.1 Å². The highest BCUT2D eigenvalue weighted by atomic mass is 35.5. The molecule has 1 heterocycles. The average Bonchev–Trinajstić information content (AvgIpc) is 2.79. The maximum Gasteiger partial charge on any atom is 0.127 e. The van der Waals surface area contributed by atoms with Gasteiger partial charge in [0.2, 0.25) is 0 Å². The fourth-order valence-corrected chi connectivity index (χ4v) is 3.31. The third-order valence-electron chi connectivity index (χ3n) is 3.33. The first kappa shape index (κ1) is 16.0. The van der Waals surface area contributed by atoms with Crippen LogP contribution in [0.1, 0.15) is 37.4 Å². The van der Waals surface area contributed by atoms with Crippen molar-refractivity contribution in [2.75, 3.05) is 12.0 Å². The fourth-order valence-electron chi connectivity index (χ4n) is 2.38. The molecular weight excluding hydrogens is 311 g/mol. The van der Waals surface area contributed by atoms with Crippen LogP contribution in [0.25, 0.3) is 11.0 Å². The molecule has 1 atom stereocenters. The minimum Gasteiger partial charge on any atom is -0.326 e. The first-order valence-electron chi connectivity index (χ1n) is 6.92. The first-order valence-corrected chi connectivity index (χ1v) is 9.13. The molecule has 5 heteroatoms. The number of aryl methyl sites for hydroxylation is 1. The van der Waals surface area contributed by atoms with Crippen LogP contribution in [0.4, 0.5) is 0 Å². The van der Waals surface area contributed by atoms with Crippen molar-refractivity contribution < 1.29 is 0 Å². The normalized spacial score (nSPS) is 13.0. The zero-order valence-electron chi connectivity index (χ0n) is 11.9.